The van der Waals surface area contributed by atoms with Crippen molar-refractivity contribution in [3.05, 3.63) is 32.6 Å². The number of ether oxygens (including phenoxy) is 1. The van der Waals surface area contributed by atoms with E-state index in [0.29, 0.717) is 25.1 Å². The maximum absolute atomic E-state index is 11.5. The maximum Gasteiger partial charge on any atom is 0.328 e. The molecule has 0 bridgehead atoms. The first-order valence-corrected chi connectivity index (χ1v) is 5.66. The van der Waals surface area contributed by atoms with Crippen molar-refractivity contribution in [1.82, 2.24) is 14.9 Å². The second-order valence-electron chi connectivity index (χ2n) is 3.74. The molecule has 0 aliphatic carbocycles. The number of H-pyrrole nitrogens is 1. The highest BCUT2D eigenvalue weighted by Crippen LogP contribution is 1.89. The lowest BCUT2D eigenvalue weighted by atomic mass is 10.2. The first-order chi connectivity index (χ1) is 8.58. The summed E-state index contributed by atoms with van der Waals surface area (Å²) in [6.07, 6.45) is 1.91. The average molecular weight is 255 g/mol. The molecule has 0 atom stereocenters. The van der Waals surface area contributed by atoms with Crippen molar-refractivity contribution in [2.75, 3.05) is 20.3 Å². The van der Waals surface area contributed by atoms with E-state index in [0.717, 1.165) is 0 Å². The van der Waals surface area contributed by atoms with E-state index in [9.17, 15) is 14.4 Å². The van der Waals surface area contributed by atoms with Gasteiger partial charge in [0.15, 0.2) is 0 Å². The Morgan fingerprint density at radius 3 is 2.83 bits per heavy atom. The summed E-state index contributed by atoms with van der Waals surface area (Å²) in [6, 6.07) is 0. The van der Waals surface area contributed by atoms with Crippen LogP contribution in [0.4, 0.5) is 0 Å². The average Bonchev–Trinajstić information content (AvgIpc) is 2.33. The molecule has 0 fully saturated rings. The molecule has 1 aromatic rings. The van der Waals surface area contributed by atoms with Crippen molar-refractivity contribution in [2.24, 2.45) is 0 Å². The summed E-state index contributed by atoms with van der Waals surface area (Å²) >= 11 is 0. The molecule has 0 saturated carbocycles. The molecule has 0 aliphatic heterocycles. The lowest BCUT2D eigenvalue weighted by molar-refractivity contribution is -0.121. The van der Waals surface area contributed by atoms with E-state index >= 15 is 0 Å². The molecule has 7 heteroatoms. The van der Waals surface area contributed by atoms with Crippen molar-refractivity contribution in [2.45, 2.75) is 19.9 Å². The predicted molar refractivity (Wildman–Crippen MR) is 65.6 cm³/mol. The summed E-state index contributed by atoms with van der Waals surface area (Å²) in [5.74, 6) is -0.303. The molecule has 0 unspecified atom stereocenters. The third-order valence-corrected chi connectivity index (χ3v) is 2.41. The third kappa shape index (κ3) is 3.85. The van der Waals surface area contributed by atoms with Crippen molar-refractivity contribution in [3.63, 3.8) is 0 Å². The predicted octanol–water partition coefficient (Wildman–Crippen LogP) is -1.14. The van der Waals surface area contributed by atoms with Crippen LogP contribution in [0.5, 0.6) is 0 Å². The quantitative estimate of drug-likeness (QED) is 0.628. The van der Waals surface area contributed by atoms with E-state index in [1.54, 1.807) is 6.92 Å². The van der Waals surface area contributed by atoms with Gasteiger partial charge < -0.3 is 10.1 Å². The van der Waals surface area contributed by atoms with Crippen molar-refractivity contribution < 1.29 is 9.53 Å². The zero-order chi connectivity index (χ0) is 13.5. The number of nitrogens with zero attached hydrogens (tertiary/aromatic N) is 1. The number of aryl methyl sites for hydroxylation is 1. The molecule has 7 nitrogen and oxygen atoms in total. The second-order valence-corrected chi connectivity index (χ2v) is 3.74. The van der Waals surface area contributed by atoms with Gasteiger partial charge >= 0.3 is 5.69 Å². The molecule has 1 rings (SSSR count). The lowest BCUT2D eigenvalue weighted by Crippen LogP contribution is -2.37. The maximum atomic E-state index is 11.5. The number of hydrogen-bond acceptors (Lipinski definition) is 4. The Bertz CT molecular complexity index is 518. The number of carbonyl (C=O) groups excluding carboxylic acids is 1. The highest BCUT2D eigenvalue weighted by atomic mass is 16.5. The number of carbonyl (C=O) groups is 1. The monoisotopic (exact) mass is 255 g/mol. The summed E-state index contributed by atoms with van der Waals surface area (Å²) in [4.78, 5) is 36.5. The molecule has 0 saturated heterocycles. The fraction of sp³-hybridized carbons (Fsp3) is 0.545. The number of aromatic amines is 1. The molecule has 18 heavy (non-hydrogen) atoms. The smallest absolute Gasteiger partial charge is 0.328 e. The number of hydrogen-bond donors (Lipinski definition) is 2. The van der Waals surface area contributed by atoms with Crippen molar-refractivity contribution in [1.29, 1.82) is 0 Å². The molecule has 0 aliphatic rings. The summed E-state index contributed by atoms with van der Waals surface area (Å²) in [5, 5.41) is 2.60. The van der Waals surface area contributed by atoms with Gasteiger partial charge in [-0.2, -0.15) is 0 Å². The standard InChI is InChI=1S/C11H17N3O4/c1-3-8-6-14(11(17)13-10(8)16)7-9(15)12-4-5-18-2/h6H,3-5,7H2,1-2H3,(H,12,15)(H,13,16,17). The fourth-order valence-electron chi connectivity index (χ4n) is 1.43. The molecule has 0 spiro atoms. The summed E-state index contributed by atoms with van der Waals surface area (Å²) < 4.78 is 5.97. The summed E-state index contributed by atoms with van der Waals surface area (Å²) in [6.45, 7) is 2.48. The van der Waals surface area contributed by atoms with Crippen LogP contribution in [0.2, 0.25) is 0 Å². The van der Waals surface area contributed by atoms with Gasteiger partial charge in [0.05, 0.1) is 6.61 Å². The van der Waals surface area contributed by atoms with Gasteiger partial charge in [0.2, 0.25) is 5.91 Å². The number of rotatable bonds is 6. The van der Waals surface area contributed by atoms with Crippen LogP contribution in [0.3, 0.4) is 0 Å². The molecule has 100 valence electrons. The van der Waals surface area contributed by atoms with Crippen LogP contribution in [-0.4, -0.2) is 35.7 Å². The molecular weight excluding hydrogens is 238 g/mol. The van der Waals surface area contributed by atoms with E-state index in [-0.39, 0.29) is 12.5 Å². The minimum absolute atomic E-state index is 0.119. The first-order valence-electron chi connectivity index (χ1n) is 5.66. The van der Waals surface area contributed by atoms with Gasteiger partial charge in [-0.15, -0.1) is 0 Å². The minimum atomic E-state index is -0.584. The van der Waals surface area contributed by atoms with Crippen molar-refractivity contribution in [3.8, 4) is 0 Å². The van der Waals surface area contributed by atoms with Crippen LogP contribution in [0.25, 0.3) is 0 Å². The zero-order valence-corrected chi connectivity index (χ0v) is 10.5. The largest absolute Gasteiger partial charge is 0.383 e. The zero-order valence-electron chi connectivity index (χ0n) is 10.5. The van der Waals surface area contributed by atoms with Gasteiger partial charge in [-0.3, -0.25) is 19.1 Å². The molecule has 0 radical (unpaired) electrons. The van der Waals surface area contributed by atoms with Gasteiger partial charge in [-0.25, -0.2) is 4.79 Å². The Labute approximate surface area is 104 Å². The Kier molecular flexibility index (Phi) is 5.31. The summed E-state index contributed by atoms with van der Waals surface area (Å²) in [5.41, 5.74) is -0.517. The van der Waals surface area contributed by atoms with Crippen LogP contribution in [0.1, 0.15) is 12.5 Å². The number of methoxy groups -OCH3 is 1. The second kappa shape index (κ2) is 6.75. The van der Waals surface area contributed by atoms with Gasteiger partial charge in [0.1, 0.15) is 6.54 Å². The Balaban J connectivity index is 2.75. The molecular formula is C11H17N3O4. The summed E-state index contributed by atoms with van der Waals surface area (Å²) in [7, 11) is 1.53. The normalized spacial score (nSPS) is 10.3. The number of nitrogens with one attached hydrogen (secondary N) is 2. The number of amides is 1. The van der Waals surface area contributed by atoms with Crippen LogP contribution in [0, 0.1) is 0 Å². The number of aromatic nitrogens is 2. The van der Waals surface area contributed by atoms with Crippen LogP contribution < -0.4 is 16.6 Å². The van der Waals surface area contributed by atoms with Crippen LogP contribution in [-0.2, 0) is 22.5 Å². The highest BCUT2D eigenvalue weighted by Gasteiger charge is 2.07. The van der Waals surface area contributed by atoms with E-state index in [1.807, 2.05) is 0 Å². The van der Waals surface area contributed by atoms with E-state index in [4.69, 9.17) is 4.74 Å². The van der Waals surface area contributed by atoms with E-state index in [1.165, 1.54) is 17.9 Å². The Hall–Kier alpha value is -1.89. The molecule has 2 N–H and O–H groups in total. The Morgan fingerprint density at radius 2 is 2.22 bits per heavy atom. The van der Waals surface area contributed by atoms with Crippen LogP contribution >= 0.6 is 0 Å². The molecule has 1 heterocycles. The highest BCUT2D eigenvalue weighted by molar-refractivity contribution is 5.75. The van der Waals surface area contributed by atoms with Gasteiger partial charge in [-0.05, 0) is 6.42 Å². The van der Waals surface area contributed by atoms with Gasteiger partial charge in [-0.1, -0.05) is 6.92 Å². The third-order valence-electron chi connectivity index (χ3n) is 2.41. The molecule has 1 amide bonds. The topological polar surface area (TPSA) is 93.2 Å². The molecule has 1 aromatic heterocycles. The SMILES string of the molecule is CCc1cn(CC(=O)NCCOC)c(=O)[nH]c1=O. The fourth-order valence-corrected chi connectivity index (χ4v) is 1.43. The minimum Gasteiger partial charge on any atom is -0.383 e. The van der Waals surface area contributed by atoms with E-state index < -0.39 is 11.2 Å². The van der Waals surface area contributed by atoms with Crippen molar-refractivity contribution >= 4 is 5.91 Å². The van der Waals surface area contributed by atoms with Gasteiger partial charge in [0, 0.05) is 25.4 Å². The van der Waals surface area contributed by atoms with Gasteiger partial charge in [0.25, 0.3) is 5.56 Å². The lowest BCUT2D eigenvalue weighted by Gasteiger charge is -2.07. The molecule has 0 aromatic carbocycles. The first kappa shape index (κ1) is 14.2. The Morgan fingerprint density at radius 1 is 1.50 bits per heavy atom. The van der Waals surface area contributed by atoms with Crippen LogP contribution in [0.15, 0.2) is 15.8 Å². The van der Waals surface area contributed by atoms with E-state index in [2.05, 4.69) is 10.3 Å².